The molecule has 0 heterocycles. The average Bonchev–Trinajstić information content (AvgIpc) is 2.47. The lowest BCUT2D eigenvalue weighted by Gasteiger charge is -2.14. The van der Waals surface area contributed by atoms with Crippen LogP contribution in [0.5, 0.6) is 5.75 Å². The van der Waals surface area contributed by atoms with Crippen molar-refractivity contribution in [3.8, 4) is 5.75 Å². The minimum atomic E-state index is -0.867. The minimum absolute atomic E-state index is 0.138. The highest BCUT2D eigenvalue weighted by Crippen LogP contribution is 2.26. The number of hydrogen-bond acceptors (Lipinski definition) is 2. The van der Waals surface area contributed by atoms with Crippen LogP contribution in [-0.4, -0.2) is 17.7 Å². The average molecular weight is 305 g/mol. The van der Waals surface area contributed by atoms with Gasteiger partial charge >= 0.3 is 5.97 Å². The van der Waals surface area contributed by atoms with E-state index < -0.39 is 11.9 Å². The molecule has 0 bridgehead atoms. The highest BCUT2D eigenvalue weighted by atomic mass is 35.5. The zero-order valence-electron chi connectivity index (χ0n) is 11.8. The Morgan fingerprint density at radius 1 is 1.24 bits per heavy atom. The Hall–Kier alpha value is -2.00. The van der Waals surface area contributed by atoms with Gasteiger partial charge in [-0.25, -0.2) is 0 Å². The van der Waals surface area contributed by atoms with Gasteiger partial charge in [0.1, 0.15) is 12.4 Å². The lowest BCUT2D eigenvalue weighted by Crippen LogP contribution is -2.18. The van der Waals surface area contributed by atoms with E-state index in [2.05, 4.69) is 0 Å². The van der Waals surface area contributed by atoms with Gasteiger partial charge in [0, 0.05) is 11.4 Å². The molecule has 0 spiro atoms. The van der Waals surface area contributed by atoms with Crippen LogP contribution in [0.2, 0.25) is 5.02 Å². The van der Waals surface area contributed by atoms with Crippen molar-refractivity contribution in [3.63, 3.8) is 0 Å². The van der Waals surface area contributed by atoms with Crippen molar-refractivity contribution in [2.45, 2.75) is 13.3 Å². The Kier molecular flexibility index (Phi) is 5.23. The largest absolute Gasteiger partial charge is 0.492 e. The van der Waals surface area contributed by atoms with Crippen LogP contribution < -0.4 is 4.74 Å². The number of aliphatic carboxylic acids is 1. The molecule has 0 aliphatic heterocycles. The maximum absolute atomic E-state index is 10.8. The van der Waals surface area contributed by atoms with Gasteiger partial charge in [-0.2, -0.15) is 0 Å². The Morgan fingerprint density at radius 2 is 1.95 bits per heavy atom. The Morgan fingerprint density at radius 3 is 2.62 bits per heavy atom. The SMILES string of the molecule is CC(COc1ccc(Cl)cc1Cc1ccccc1)C(=O)O. The number of ether oxygens (including phenoxy) is 1. The van der Waals surface area contributed by atoms with Crippen LogP contribution in [0.15, 0.2) is 48.5 Å². The smallest absolute Gasteiger partial charge is 0.309 e. The molecular weight excluding hydrogens is 288 g/mol. The van der Waals surface area contributed by atoms with E-state index in [1.165, 1.54) is 0 Å². The van der Waals surface area contributed by atoms with Gasteiger partial charge in [-0.05, 0) is 36.2 Å². The molecule has 0 aliphatic rings. The Balaban J connectivity index is 2.15. The summed E-state index contributed by atoms with van der Waals surface area (Å²) >= 11 is 6.05. The van der Waals surface area contributed by atoms with Crippen LogP contribution in [0.4, 0.5) is 0 Å². The van der Waals surface area contributed by atoms with Gasteiger partial charge in [0.05, 0.1) is 5.92 Å². The summed E-state index contributed by atoms with van der Waals surface area (Å²) in [4.78, 5) is 10.8. The van der Waals surface area contributed by atoms with Crippen LogP contribution in [-0.2, 0) is 11.2 Å². The van der Waals surface area contributed by atoms with E-state index >= 15 is 0 Å². The third-order valence-electron chi connectivity index (χ3n) is 3.17. The topological polar surface area (TPSA) is 46.5 Å². The number of benzene rings is 2. The monoisotopic (exact) mass is 304 g/mol. The van der Waals surface area contributed by atoms with Crippen molar-refractivity contribution < 1.29 is 14.6 Å². The fourth-order valence-corrected chi connectivity index (χ4v) is 2.12. The molecule has 0 aliphatic carbocycles. The maximum Gasteiger partial charge on any atom is 0.309 e. The van der Waals surface area contributed by atoms with Crippen LogP contribution in [0, 0.1) is 5.92 Å². The number of hydrogen-bond donors (Lipinski definition) is 1. The van der Waals surface area contributed by atoms with E-state index in [1.807, 2.05) is 36.4 Å². The standard InChI is InChI=1S/C17H17ClO3/c1-12(17(19)20)11-21-16-8-7-15(18)10-14(16)9-13-5-3-2-4-6-13/h2-8,10,12H,9,11H2,1H3,(H,19,20). The molecule has 0 saturated carbocycles. The first-order valence-corrected chi connectivity index (χ1v) is 7.12. The van der Waals surface area contributed by atoms with Crippen molar-refractivity contribution in [2.24, 2.45) is 5.92 Å². The molecule has 0 aromatic heterocycles. The van der Waals surface area contributed by atoms with Crippen LogP contribution in [0.3, 0.4) is 0 Å². The molecule has 2 aromatic carbocycles. The molecular formula is C17H17ClO3. The van der Waals surface area contributed by atoms with Gasteiger partial charge in [-0.15, -0.1) is 0 Å². The van der Waals surface area contributed by atoms with Crippen LogP contribution in [0.1, 0.15) is 18.1 Å². The molecule has 2 rings (SSSR count). The van der Waals surface area contributed by atoms with Crippen LogP contribution >= 0.6 is 11.6 Å². The molecule has 1 N–H and O–H groups in total. The number of carboxylic acid groups (broad SMARTS) is 1. The molecule has 21 heavy (non-hydrogen) atoms. The molecule has 0 amide bonds. The van der Waals surface area contributed by atoms with Gasteiger partial charge in [-0.1, -0.05) is 41.9 Å². The molecule has 0 radical (unpaired) electrons. The van der Waals surface area contributed by atoms with Gasteiger partial charge in [-0.3, -0.25) is 4.79 Å². The first-order valence-electron chi connectivity index (χ1n) is 6.74. The van der Waals surface area contributed by atoms with E-state index in [9.17, 15) is 4.79 Å². The van der Waals surface area contributed by atoms with Crippen molar-refractivity contribution in [1.29, 1.82) is 0 Å². The summed E-state index contributed by atoms with van der Waals surface area (Å²) in [6.07, 6.45) is 0.693. The first-order chi connectivity index (χ1) is 10.1. The molecule has 1 atom stereocenters. The lowest BCUT2D eigenvalue weighted by atomic mass is 10.0. The number of carbonyl (C=O) groups is 1. The number of rotatable bonds is 6. The van der Waals surface area contributed by atoms with E-state index in [4.69, 9.17) is 21.4 Å². The molecule has 0 fully saturated rings. The minimum Gasteiger partial charge on any atom is -0.492 e. The quantitative estimate of drug-likeness (QED) is 0.876. The second-order valence-electron chi connectivity index (χ2n) is 4.96. The number of carboxylic acids is 1. The van der Waals surface area contributed by atoms with E-state index in [0.29, 0.717) is 17.2 Å². The van der Waals surface area contributed by atoms with E-state index in [1.54, 1.807) is 19.1 Å². The summed E-state index contributed by atoms with van der Waals surface area (Å²) in [5.74, 6) is -0.741. The molecule has 1 unspecified atom stereocenters. The van der Waals surface area contributed by atoms with Crippen molar-refractivity contribution in [1.82, 2.24) is 0 Å². The summed E-state index contributed by atoms with van der Waals surface area (Å²) in [6.45, 7) is 1.76. The normalized spacial score (nSPS) is 11.9. The second-order valence-corrected chi connectivity index (χ2v) is 5.40. The lowest BCUT2D eigenvalue weighted by molar-refractivity contribution is -0.142. The summed E-state index contributed by atoms with van der Waals surface area (Å²) in [5.41, 5.74) is 2.10. The zero-order valence-corrected chi connectivity index (χ0v) is 12.5. The zero-order chi connectivity index (χ0) is 15.2. The Labute approximate surface area is 129 Å². The maximum atomic E-state index is 10.8. The van der Waals surface area contributed by atoms with Gasteiger partial charge in [0.2, 0.25) is 0 Å². The molecule has 3 nitrogen and oxygen atoms in total. The third kappa shape index (κ3) is 4.50. The molecule has 110 valence electrons. The third-order valence-corrected chi connectivity index (χ3v) is 3.41. The number of halogens is 1. The highest BCUT2D eigenvalue weighted by Gasteiger charge is 2.13. The van der Waals surface area contributed by atoms with Crippen molar-refractivity contribution in [3.05, 3.63) is 64.7 Å². The second kappa shape index (κ2) is 7.14. The predicted octanol–water partition coefficient (Wildman–Crippen LogP) is 4.03. The fourth-order valence-electron chi connectivity index (χ4n) is 1.93. The van der Waals surface area contributed by atoms with Gasteiger partial charge < -0.3 is 9.84 Å². The molecule has 2 aromatic rings. The van der Waals surface area contributed by atoms with Crippen LogP contribution in [0.25, 0.3) is 0 Å². The first kappa shape index (κ1) is 15.4. The Bertz CT molecular complexity index is 611. The highest BCUT2D eigenvalue weighted by molar-refractivity contribution is 6.30. The molecule has 4 heteroatoms. The van der Waals surface area contributed by atoms with E-state index in [0.717, 1.165) is 11.1 Å². The van der Waals surface area contributed by atoms with E-state index in [-0.39, 0.29) is 6.61 Å². The van der Waals surface area contributed by atoms with Gasteiger partial charge in [0.15, 0.2) is 0 Å². The summed E-state index contributed by atoms with van der Waals surface area (Å²) in [5, 5.41) is 9.55. The van der Waals surface area contributed by atoms with Gasteiger partial charge in [0.25, 0.3) is 0 Å². The summed E-state index contributed by atoms with van der Waals surface area (Å²) in [6, 6.07) is 15.4. The summed E-state index contributed by atoms with van der Waals surface area (Å²) < 4.78 is 5.65. The summed E-state index contributed by atoms with van der Waals surface area (Å²) in [7, 11) is 0. The van der Waals surface area contributed by atoms with Crippen molar-refractivity contribution >= 4 is 17.6 Å². The predicted molar refractivity (Wildman–Crippen MR) is 83.0 cm³/mol. The molecule has 0 saturated heterocycles. The van der Waals surface area contributed by atoms with Crippen molar-refractivity contribution in [2.75, 3.05) is 6.61 Å². The fraction of sp³-hybridized carbons (Fsp3) is 0.235.